The van der Waals surface area contributed by atoms with E-state index >= 15 is 0 Å². The van der Waals surface area contributed by atoms with Gasteiger partial charge in [-0.25, -0.2) is 4.98 Å². The van der Waals surface area contributed by atoms with Crippen molar-refractivity contribution in [1.82, 2.24) is 4.98 Å². The van der Waals surface area contributed by atoms with Crippen molar-refractivity contribution in [1.29, 1.82) is 0 Å². The lowest BCUT2D eigenvalue weighted by molar-refractivity contribution is -0.140. The van der Waals surface area contributed by atoms with Gasteiger partial charge in [-0.1, -0.05) is 22.9 Å². The smallest absolute Gasteiger partial charge is 0.284 e. The SMILES string of the molecule is O=[C]c1sc(Cl)nc1C(F)(F)F. The van der Waals surface area contributed by atoms with Gasteiger partial charge in [-0.2, -0.15) is 13.2 Å². The van der Waals surface area contributed by atoms with Crippen molar-refractivity contribution in [3.63, 3.8) is 0 Å². The van der Waals surface area contributed by atoms with Gasteiger partial charge in [-0.05, 0) is 0 Å². The molecule has 7 heteroatoms. The highest BCUT2D eigenvalue weighted by Gasteiger charge is 2.37. The van der Waals surface area contributed by atoms with Crippen LogP contribution in [0.2, 0.25) is 4.47 Å². The molecule has 0 N–H and O–H groups in total. The second kappa shape index (κ2) is 3.02. The number of thiazole rings is 1. The first kappa shape index (κ1) is 9.47. The summed E-state index contributed by atoms with van der Waals surface area (Å²) in [6.07, 6.45) is -3.52. The van der Waals surface area contributed by atoms with Crippen LogP contribution in [0.1, 0.15) is 10.6 Å². The van der Waals surface area contributed by atoms with Crippen LogP contribution in [0.5, 0.6) is 0 Å². The number of aromatic nitrogens is 1. The zero-order valence-corrected chi connectivity index (χ0v) is 6.85. The lowest BCUT2D eigenvalue weighted by Crippen LogP contribution is -2.07. The molecule has 2 nitrogen and oxygen atoms in total. The Kier molecular flexibility index (Phi) is 2.39. The highest BCUT2D eigenvalue weighted by atomic mass is 35.5. The Balaban J connectivity index is 3.22. The molecule has 1 aromatic heterocycles. The van der Waals surface area contributed by atoms with E-state index in [1.165, 1.54) is 0 Å². The van der Waals surface area contributed by atoms with Gasteiger partial charge in [0, 0.05) is 0 Å². The maximum absolute atomic E-state index is 12.0. The Bertz CT molecular complexity index is 308. The fraction of sp³-hybridized carbons (Fsp3) is 0.200. The van der Waals surface area contributed by atoms with Gasteiger partial charge >= 0.3 is 6.18 Å². The molecule has 65 valence electrons. The molecule has 0 bridgehead atoms. The molecule has 0 spiro atoms. The number of hydrogen-bond donors (Lipinski definition) is 0. The van der Waals surface area contributed by atoms with Gasteiger partial charge in [0.15, 0.2) is 10.2 Å². The maximum atomic E-state index is 12.0. The van der Waals surface area contributed by atoms with E-state index in [4.69, 9.17) is 11.6 Å². The molecular weight excluding hydrogens is 215 g/mol. The van der Waals surface area contributed by atoms with Crippen molar-refractivity contribution in [2.75, 3.05) is 0 Å². The summed E-state index contributed by atoms with van der Waals surface area (Å²) in [7, 11) is 0. The normalized spacial score (nSPS) is 11.7. The molecule has 12 heavy (non-hydrogen) atoms. The van der Waals surface area contributed by atoms with Crippen LogP contribution in [0.15, 0.2) is 0 Å². The quantitative estimate of drug-likeness (QED) is 0.718. The van der Waals surface area contributed by atoms with Gasteiger partial charge in [0.2, 0.25) is 6.29 Å². The minimum Gasteiger partial charge on any atom is -0.284 e. The van der Waals surface area contributed by atoms with Crippen molar-refractivity contribution in [3.8, 4) is 0 Å². The monoisotopic (exact) mass is 214 g/mol. The van der Waals surface area contributed by atoms with Gasteiger partial charge in [0.1, 0.15) is 4.88 Å². The van der Waals surface area contributed by atoms with Gasteiger partial charge in [0.25, 0.3) is 0 Å². The topological polar surface area (TPSA) is 30.0 Å². The van der Waals surface area contributed by atoms with Crippen molar-refractivity contribution in [2.45, 2.75) is 6.18 Å². The molecule has 0 saturated carbocycles. The Hall–Kier alpha value is -0.620. The molecule has 0 atom stereocenters. The largest absolute Gasteiger partial charge is 0.434 e. The summed E-state index contributed by atoms with van der Waals surface area (Å²) in [5.41, 5.74) is -1.27. The molecule has 0 unspecified atom stereocenters. The second-order valence-electron chi connectivity index (χ2n) is 1.74. The van der Waals surface area contributed by atoms with Crippen LogP contribution in [0, 0.1) is 0 Å². The average molecular weight is 215 g/mol. The number of nitrogens with zero attached hydrogens (tertiary/aromatic N) is 1. The predicted molar refractivity (Wildman–Crippen MR) is 36.9 cm³/mol. The molecule has 1 aromatic rings. The lowest BCUT2D eigenvalue weighted by Gasteiger charge is -2.00. The van der Waals surface area contributed by atoms with Crippen molar-refractivity contribution in [2.24, 2.45) is 0 Å². The van der Waals surface area contributed by atoms with Crippen LogP contribution in [0.25, 0.3) is 0 Å². The number of carbonyl (C=O) groups excluding carboxylic acids is 1. The minimum atomic E-state index is -4.64. The predicted octanol–water partition coefficient (Wildman–Crippen LogP) is 2.27. The first-order valence-corrected chi connectivity index (χ1v) is 3.76. The Labute approximate surface area is 74.0 Å². The molecule has 0 saturated heterocycles. The molecule has 0 fully saturated rings. The molecule has 1 heterocycles. The van der Waals surface area contributed by atoms with E-state index in [0.717, 1.165) is 6.29 Å². The summed E-state index contributed by atoms with van der Waals surface area (Å²) in [5, 5.41) is 0. The van der Waals surface area contributed by atoms with Crippen LogP contribution in [-0.4, -0.2) is 11.3 Å². The summed E-state index contributed by atoms with van der Waals surface area (Å²) < 4.78 is 35.5. The van der Waals surface area contributed by atoms with E-state index in [9.17, 15) is 18.0 Å². The third-order valence-corrected chi connectivity index (χ3v) is 2.02. The van der Waals surface area contributed by atoms with Crippen molar-refractivity contribution < 1.29 is 18.0 Å². The van der Waals surface area contributed by atoms with Gasteiger partial charge < -0.3 is 0 Å². The summed E-state index contributed by atoms with van der Waals surface area (Å²) in [5.74, 6) is 0. The highest BCUT2D eigenvalue weighted by Crippen LogP contribution is 2.34. The molecule has 0 amide bonds. The van der Waals surface area contributed by atoms with Crippen LogP contribution >= 0.6 is 22.9 Å². The van der Waals surface area contributed by atoms with Crippen LogP contribution < -0.4 is 0 Å². The average Bonchev–Trinajstić information content (AvgIpc) is 2.29. The van der Waals surface area contributed by atoms with Crippen LogP contribution in [-0.2, 0) is 11.0 Å². The first-order valence-electron chi connectivity index (χ1n) is 2.57. The summed E-state index contributed by atoms with van der Waals surface area (Å²) in [6, 6.07) is 0. The number of alkyl halides is 3. The van der Waals surface area contributed by atoms with Crippen LogP contribution in [0.4, 0.5) is 13.2 Å². The number of hydrogen-bond acceptors (Lipinski definition) is 3. The summed E-state index contributed by atoms with van der Waals surface area (Å²) >= 11 is 5.63. The van der Waals surface area contributed by atoms with E-state index in [0.29, 0.717) is 11.3 Å². The number of halogens is 4. The van der Waals surface area contributed by atoms with Crippen molar-refractivity contribution >= 4 is 29.2 Å². The molecule has 0 aliphatic rings. The maximum Gasteiger partial charge on any atom is 0.434 e. The van der Waals surface area contributed by atoms with E-state index in [2.05, 4.69) is 4.98 Å². The van der Waals surface area contributed by atoms with Crippen molar-refractivity contribution in [3.05, 3.63) is 15.0 Å². The Morgan fingerprint density at radius 3 is 2.42 bits per heavy atom. The highest BCUT2D eigenvalue weighted by molar-refractivity contribution is 7.17. The number of rotatable bonds is 1. The van der Waals surface area contributed by atoms with E-state index in [1.807, 2.05) is 0 Å². The van der Waals surface area contributed by atoms with E-state index in [-0.39, 0.29) is 4.47 Å². The molecule has 0 aromatic carbocycles. The molecule has 1 rings (SSSR count). The van der Waals surface area contributed by atoms with Gasteiger partial charge in [0.05, 0.1) is 0 Å². The zero-order chi connectivity index (χ0) is 9.35. The fourth-order valence-corrected chi connectivity index (χ4v) is 1.48. The zero-order valence-electron chi connectivity index (χ0n) is 5.28. The lowest BCUT2D eigenvalue weighted by atomic mass is 10.4. The summed E-state index contributed by atoms with van der Waals surface area (Å²) in [6.45, 7) is 0. The van der Waals surface area contributed by atoms with Gasteiger partial charge in [-0.15, -0.1) is 0 Å². The van der Waals surface area contributed by atoms with E-state index < -0.39 is 16.7 Å². The van der Waals surface area contributed by atoms with Crippen LogP contribution in [0.3, 0.4) is 0 Å². The second-order valence-corrected chi connectivity index (χ2v) is 3.33. The fourth-order valence-electron chi connectivity index (χ4n) is 0.555. The van der Waals surface area contributed by atoms with E-state index in [1.54, 1.807) is 0 Å². The third kappa shape index (κ3) is 1.75. The molecule has 0 aliphatic heterocycles. The summed E-state index contributed by atoms with van der Waals surface area (Å²) in [4.78, 5) is 12.3. The Morgan fingerprint density at radius 2 is 2.08 bits per heavy atom. The molecular formula is C5ClF3NOS. The standard InChI is InChI=1S/C5ClF3NOS/c6-4-10-3(5(7,8)9)2(1-11)12-4. The van der Waals surface area contributed by atoms with Gasteiger partial charge in [-0.3, -0.25) is 4.79 Å². The minimum absolute atomic E-state index is 0.319. The first-order chi connectivity index (χ1) is 5.45. The molecule has 0 aliphatic carbocycles. The molecule has 1 radical (unpaired) electrons. The third-order valence-electron chi connectivity index (χ3n) is 0.962. The Morgan fingerprint density at radius 1 is 1.50 bits per heavy atom.